The summed E-state index contributed by atoms with van der Waals surface area (Å²) in [6.45, 7) is 4.14. The maximum absolute atomic E-state index is 13.7. The molecule has 32 heavy (non-hydrogen) atoms. The van der Waals surface area contributed by atoms with Crippen molar-refractivity contribution in [1.82, 2.24) is 0 Å². The van der Waals surface area contributed by atoms with Crippen LogP contribution in [0.1, 0.15) is 5.56 Å². The number of benzene rings is 3. The molecule has 6 heteroatoms. The van der Waals surface area contributed by atoms with E-state index in [1.54, 1.807) is 15.9 Å². The number of hydrogen-bond acceptors (Lipinski definition) is 4. The zero-order valence-corrected chi connectivity index (χ0v) is 18.0. The average Bonchev–Trinajstić information content (AvgIpc) is 3.28. The van der Waals surface area contributed by atoms with Gasteiger partial charge < -0.3 is 4.90 Å². The van der Waals surface area contributed by atoms with Gasteiger partial charge in [0, 0.05) is 12.1 Å². The van der Waals surface area contributed by atoms with E-state index in [0.717, 1.165) is 16.9 Å². The number of rotatable bonds is 4. The summed E-state index contributed by atoms with van der Waals surface area (Å²) >= 11 is 1.23. The molecule has 0 bridgehead atoms. The number of thioether (sulfide) groups is 1. The number of amidine groups is 1. The zero-order valence-electron chi connectivity index (χ0n) is 17.1. The quantitative estimate of drug-likeness (QED) is 0.406. The molecule has 0 radical (unpaired) electrons. The van der Waals surface area contributed by atoms with Gasteiger partial charge in [-0.3, -0.25) is 14.5 Å². The molecule has 3 aromatic rings. The van der Waals surface area contributed by atoms with Crippen LogP contribution in [0.15, 0.2) is 107 Å². The van der Waals surface area contributed by atoms with Crippen LogP contribution in [0.5, 0.6) is 0 Å². The molecule has 0 saturated carbocycles. The van der Waals surface area contributed by atoms with E-state index in [1.807, 2.05) is 84.9 Å². The second-order valence-electron chi connectivity index (χ2n) is 7.23. The minimum Gasteiger partial charge on any atom is -0.304 e. The van der Waals surface area contributed by atoms with Crippen LogP contribution in [-0.2, 0) is 9.59 Å². The van der Waals surface area contributed by atoms with Crippen molar-refractivity contribution in [3.05, 3.63) is 108 Å². The molecular formula is C26H19N3O2S. The third kappa shape index (κ3) is 3.35. The van der Waals surface area contributed by atoms with Gasteiger partial charge >= 0.3 is 0 Å². The van der Waals surface area contributed by atoms with Gasteiger partial charge in [-0.25, -0.2) is 4.99 Å². The predicted molar refractivity (Wildman–Crippen MR) is 131 cm³/mol. The van der Waals surface area contributed by atoms with Crippen LogP contribution in [0.2, 0.25) is 0 Å². The Kier molecular flexibility index (Phi) is 5.21. The minimum atomic E-state index is -0.255. The van der Waals surface area contributed by atoms with Crippen molar-refractivity contribution in [2.45, 2.75) is 0 Å². The van der Waals surface area contributed by atoms with Crippen molar-refractivity contribution >= 4 is 51.4 Å². The van der Waals surface area contributed by atoms with Gasteiger partial charge in [0.15, 0.2) is 5.17 Å². The molecule has 2 aliphatic heterocycles. The van der Waals surface area contributed by atoms with Crippen LogP contribution in [0.3, 0.4) is 0 Å². The number of aliphatic imine (C=N–C) groups is 1. The SMILES string of the molecule is C=CCN1C(=O)/C(=C2/SC(=Nc3ccccc3)N(c3ccccc3)C2=O)c2ccccc21. The van der Waals surface area contributed by atoms with Crippen molar-refractivity contribution in [2.24, 2.45) is 4.99 Å². The van der Waals surface area contributed by atoms with Crippen LogP contribution in [0, 0.1) is 0 Å². The van der Waals surface area contributed by atoms with E-state index in [2.05, 4.69) is 6.58 Å². The summed E-state index contributed by atoms with van der Waals surface area (Å²) in [6.07, 6.45) is 1.68. The number of carbonyl (C=O) groups excluding carboxylic acids is 2. The van der Waals surface area contributed by atoms with Crippen LogP contribution in [0.25, 0.3) is 5.57 Å². The Morgan fingerprint density at radius 2 is 1.50 bits per heavy atom. The lowest BCUT2D eigenvalue weighted by atomic mass is 10.1. The molecule has 1 fully saturated rings. The molecule has 0 aromatic heterocycles. The fourth-order valence-electron chi connectivity index (χ4n) is 3.83. The molecule has 0 atom stereocenters. The minimum absolute atomic E-state index is 0.198. The maximum atomic E-state index is 13.7. The Balaban J connectivity index is 1.68. The van der Waals surface area contributed by atoms with Crippen LogP contribution >= 0.6 is 11.8 Å². The first-order valence-corrected chi connectivity index (χ1v) is 11.0. The van der Waals surface area contributed by atoms with Gasteiger partial charge in [-0.1, -0.05) is 60.7 Å². The number of para-hydroxylation sites is 3. The van der Waals surface area contributed by atoms with Gasteiger partial charge in [0.05, 0.1) is 27.5 Å². The van der Waals surface area contributed by atoms with E-state index in [4.69, 9.17) is 4.99 Å². The number of amides is 2. The van der Waals surface area contributed by atoms with Crippen molar-refractivity contribution in [2.75, 3.05) is 16.3 Å². The molecule has 5 nitrogen and oxygen atoms in total. The third-order valence-electron chi connectivity index (χ3n) is 5.24. The summed E-state index contributed by atoms with van der Waals surface area (Å²) in [7, 11) is 0. The van der Waals surface area contributed by atoms with Crippen molar-refractivity contribution in [3.63, 3.8) is 0 Å². The topological polar surface area (TPSA) is 53.0 Å². The molecule has 1 saturated heterocycles. The molecule has 0 N–H and O–H groups in total. The summed E-state index contributed by atoms with van der Waals surface area (Å²) in [6, 6.07) is 26.4. The first kappa shape index (κ1) is 20.0. The average molecular weight is 438 g/mol. The van der Waals surface area contributed by atoms with E-state index in [1.165, 1.54) is 11.8 Å². The highest BCUT2D eigenvalue weighted by Gasteiger charge is 2.42. The zero-order chi connectivity index (χ0) is 22.1. The van der Waals surface area contributed by atoms with Gasteiger partial charge in [0.25, 0.3) is 11.8 Å². The molecule has 0 unspecified atom stereocenters. The lowest BCUT2D eigenvalue weighted by molar-refractivity contribution is -0.115. The summed E-state index contributed by atoms with van der Waals surface area (Å²) in [5.41, 5.74) is 3.40. The van der Waals surface area contributed by atoms with E-state index in [0.29, 0.717) is 27.9 Å². The second kappa shape index (κ2) is 8.32. The lowest BCUT2D eigenvalue weighted by Gasteiger charge is -2.15. The predicted octanol–water partition coefficient (Wildman–Crippen LogP) is 5.40. The lowest BCUT2D eigenvalue weighted by Crippen LogP contribution is -2.30. The van der Waals surface area contributed by atoms with Gasteiger partial charge in [0.1, 0.15) is 0 Å². The molecule has 3 aromatic carbocycles. The highest BCUT2D eigenvalue weighted by atomic mass is 32.2. The molecule has 2 heterocycles. The Morgan fingerprint density at radius 3 is 2.22 bits per heavy atom. The van der Waals surface area contributed by atoms with Gasteiger partial charge in [-0.15, -0.1) is 6.58 Å². The number of nitrogens with zero attached hydrogens (tertiary/aromatic N) is 3. The fourth-order valence-corrected chi connectivity index (χ4v) is 4.92. The van der Waals surface area contributed by atoms with Crippen molar-refractivity contribution in [1.29, 1.82) is 0 Å². The Bertz CT molecular complexity index is 1280. The smallest absolute Gasteiger partial charge is 0.272 e. The third-order valence-corrected chi connectivity index (χ3v) is 6.28. The van der Waals surface area contributed by atoms with Gasteiger partial charge in [-0.2, -0.15) is 0 Å². The molecular weight excluding hydrogens is 418 g/mol. The van der Waals surface area contributed by atoms with E-state index < -0.39 is 0 Å². The van der Waals surface area contributed by atoms with E-state index in [-0.39, 0.29) is 11.8 Å². The summed E-state index contributed by atoms with van der Waals surface area (Å²) < 4.78 is 0. The van der Waals surface area contributed by atoms with Crippen LogP contribution < -0.4 is 9.80 Å². The standard InChI is InChI=1S/C26H19N3O2S/c1-2-17-28-21-16-10-9-15-20(21)22(24(28)30)23-25(31)29(19-13-7-4-8-14-19)26(32-23)27-18-11-5-3-6-12-18/h2-16H,1,17H2/b23-22+,27-26?. The largest absolute Gasteiger partial charge is 0.304 e. The van der Waals surface area contributed by atoms with Gasteiger partial charge in [-0.05, 0) is 42.1 Å². The molecule has 2 aliphatic rings. The molecule has 5 rings (SSSR count). The Labute approximate surface area is 190 Å². The highest BCUT2D eigenvalue weighted by Crippen LogP contribution is 2.45. The second-order valence-corrected chi connectivity index (χ2v) is 8.21. The summed E-state index contributed by atoms with van der Waals surface area (Å²) in [5, 5.41) is 0.516. The molecule has 2 amide bonds. The first-order valence-electron chi connectivity index (χ1n) is 10.2. The van der Waals surface area contributed by atoms with Crippen LogP contribution in [0.4, 0.5) is 17.1 Å². The van der Waals surface area contributed by atoms with Crippen molar-refractivity contribution < 1.29 is 9.59 Å². The van der Waals surface area contributed by atoms with E-state index >= 15 is 0 Å². The maximum Gasteiger partial charge on any atom is 0.272 e. The van der Waals surface area contributed by atoms with Gasteiger partial charge in [0.2, 0.25) is 0 Å². The number of anilines is 2. The number of hydrogen-bond donors (Lipinski definition) is 0. The van der Waals surface area contributed by atoms with Crippen molar-refractivity contribution in [3.8, 4) is 0 Å². The number of fused-ring (bicyclic) bond motifs is 1. The fraction of sp³-hybridized carbons (Fsp3) is 0.0385. The van der Waals surface area contributed by atoms with Crippen LogP contribution in [-0.4, -0.2) is 23.5 Å². The summed E-state index contributed by atoms with van der Waals surface area (Å²) in [5.74, 6) is -0.453. The molecule has 0 spiro atoms. The Morgan fingerprint density at radius 1 is 0.844 bits per heavy atom. The highest BCUT2D eigenvalue weighted by molar-refractivity contribution is 8.19. The molecule has 0 aliphatic carbocycles. The van der Waals surface area contributed by atoms with E-state index in [9.17, 15) is 9.59 Å². The first-order chi connectivity index (χ1) is 15.7. The normalized spacial score (nSPS) is 19.1. The monoisotopic (exact) mass is 437 g/mol. The summed E-state index contributed by atoms with van der Waals surface area (Å²) in [4.78, 5) is 35.4. The number of carbonyl (C=O) groups is 2. The Hall–Kier alpha value is -3.90. The molecule has 156 valence electrons.